The van der Waals surface area contributed by atoms with E-state index in [0.717, 1.165) is 16.7 Å². The van der Waals surface area contributed by atoms with Crippen molar-refractivity contribution < 1.29 is 9.59 Å². The van der Waals surface area contributed by atoms with Gasteiger partial charge < -0.3 is 10.6 Å². The van der Waals surface area contributed by atoms with Gasteiger partial charge in [0.1, 0.15) is 5.69 Å². The molecule has 0 bridgehead atoms. The fourth-order valence-corrected chi connectivity index (χ4v) is 2.79. The third kappa shape index (κ3) is 4.75. The third-order valence-corrected chi connectivity index (χ3v) is 4.75. The van der Waals surface area contributed by atoms with E-state index in [1.165, 1.54) is 12.3 Å². The van der Waals surface area contributed by atoms with Crippen molar-refractivity contribution in [1.82, 2.24) is 10.3 Å². The number of rotatable bonds is 5. The van der Waals surface area contributed by atoms with Crippen LogP contribution >= 0.6 is 11.6 Å². The van der Waals surface area contributed by atoms with Crippen molar-refractivity contribution in [1.29, 1.82) is 0 Å². The summed E-state index contributed by atoms with van der Waals surface area (Å²) in [6.07, 6.45) is 1.44. The van der Waals surface area contributed by atoms with Crippen LogP contribution in [-0.2, 0) is 6.54 Å². The lowest BCUT2D eigenvalue weighted by Gasteiger charge is -2.10. The molecule has 1 aromatic heterocycles. The van der Waals surface area contributed by atoms with E-state index in [-0.39, 0.29) is 11.6 Å². The number of amides is 2. The zero-order valence-electron chi connectivity index (χ0n) is 15.6. The van der Waals surface area contributed by atoms with E-state index in [1.807, 2.05) is 38.1 Å². The molecule has 3 aromatic rings. The number of pyridine rings is 1. The zero-order chi connectivity index (χ0) is 20.1. The maximum atomic E-state index is 12.5. The molecule has 0 aliphatic rings. The molecule has 2 amide bonds. The van der Waals surface area contributed by atoms with Crippen LogP contribution < -0.4 is 10.6 Å². The van der Waals surface area contributed by atoms with Crippen molar-refractivity contribution in [2.24, 2.45) is 0 Å². The number of aromatic nitrogens is 1. The van der Waals surface area contributed by atoms with Crippen LogP contribution in [0.3, 0.4) is 0 Å². The van der Waals surface area contributed by atoms with Crippen molar-refractivity contribution in [2.45, 2.75) is 20.4 Å². The predicted molar refractivity (Wildman–Crippen MR) is 111 cm³/mol. The van der Waals surface area contributed by atoms with E-state index < -0.39 is 5.91 Å². The van der Waals surface area contributed by atoms with Gasteiger partial charge in [-0.15, -0.1) is 0 Å². The van der Waals surface area contributed by atoms with Gasteiger partial charge in [-0.3, -0.25) is 14.6 Å². The van der Waals surface area contributed by atoms with Gasteiger partial charge in [0.15, 0.2) is 0 Å². The summed E-state index contributed by atoms with van der Waals surface area (Å²) in [5, 5.41) is 6.20. The fourth-order valence-electron chi connectivity index (χ4n) is 2.62. The van der Waals surface area contributed by atoms with Crippen LogP contribution in [0.1, 0.15) is 37.5 Å². The number of aryl methyl sites for hydroxylation is 1. The first kappa shape index (κ1) is 19.6. The van der Waals surface area contributed by atoms with Crippen LogP contribution in [0, 0.1) is 13.8 Å². The minimum absolute atomic E-state index is 0.155. The fraction of sp³-hybridized carbons (Fsp3) is 0.136. The summed E-state index contributed by atoms with van der Waals surface area (Å²) in [4.78, 5) is 29.0. The highest BCUT2D eigenvalue weighted by atomic mass is 35.5. The average molecular weight is 394 g/mol. The molecule has 2 aromatic carbocycles. The molecule has 6 heteroatoms. The Balaban J connectivity index is 1.68. The molecule has 0 atom stereocenters. The van der Waals surface area contributed by atoms with Crippen molar-refractivity contribution in [3.05, 3.63) is 93.8 Å². The van der Waals surface area contributed by atoms with Crippen LogP contribution in [-0.4, -0.2) is 16.8 Å². The summed E-state index contributed by atoms with van der Waals surface area (Å²) in [5.41, 5.74) is 4.06. The van der Waals surface area contributed by atoms with E-state index in [1.54, 1.807) is 24.3 Å². The van der Waals surface area contributed by atoms with Crippen LogP contribution in [0.2, 0.25) is 5.02 Å². The molecule has 0 saturated carbocycles. The lowest BCUT2D eigenvalue weighted by molar-refractivity contribution is 0.0951. The number of halogens is 1. The van der Waals surface area contributed by atoms with Gasteiger partial charge >= 0.3 is 0 Å². The summed E-state index contributed by atoms with van der Waals surface area (Å²) in [6, 6.07) is 16.2. The first-order valence-electron chi connectivity index (χ1n) is 8.80. The molecule has 28 heavy (non-hydrogen) atoms. The molecule has 0 radical (unpaired) electrons. The maximum absolute atomic E-state index is 12.5. The molecular formula is C22H20ClN3O2. The Morgan fingerprint density at radius 1 is 1.00 bits per heavy atom. The monoisotopic (exact) mass is 393 g/mol. The van der Waals surface area contributed by atoms with Crippen LogP contribution in [0.25, 0.3) is 0 Å². The first-order chi connectivity index (χ1) is 13.4. The topological polar surface area (TPSA) is 71.1 Å². The Labute approximate surface area is 168 Å². The Bertz CT molecular complexity index is 1020. The third-order valence-electron chi connectivity index (χ3n) is 4.34. The van der Waals surface area contributed by atoms with Crippen LogP contribution in [0.15, 0.2) is 60.8 Å². The molecule has 2 N–H and O–H groups in total. The molecule has 0 aliphatic heterocycles. The van der Waals surface area contributed by atoms with Gasteiger partial charge in [-0.05, 0) is 49.2 Å². The highest BCUT2D eigenvalue weighted by molar-refractivity contribution is 6.31. The standard InChI is InChI=1S/C22H20ClN3O2/c1-14-6-8-16(9-7-14)13-25-21(27)17-10-11-24-20(12-17)22(28)26-19-5-3-4-18(23)15(19)2/h3-12H,13H2,1-2H3,(H,25,27)(H,26,28). The van der Waals surface area contributed by atoms with Crippen molar-refractivity contribution >= 4 is 29.1 Å². The van der Waals surface area contributed by atoms with Crippen molar-refractivity contribution in [3.63, 3.8) is 0 Å². The minimum Gasteiger partial charge on any atom is -0.348 e. The first-order valence-corrected chi connectivity index (χ1v) is 9.18. The van der Waals surface area contributed by atoms with Crippen molar-refractivity contribution in [3.8, 4) is 0 Å². The second-order valence-electron chi connectivity index (χ2n) is 6.46. The average Bonchev–Trinajstić information content (AvgIpc) is 2.71. The second-order valence-corrected chi connectivity index (χ2v) is 6.87. The Morgan fingerprint density at radius 3 is 2.50 bits per heavy atom. The maximum Gasteiger partial charge on any atom is 0.274 e. The SMILES string of the molecule is Cc1ccc(CNC(=O)c2ccnc(C(=O)Nc3cccc(Cl)c3C)c2)cc1. The Kier molecular flexibility index (Phi) is 6.06. The summed E-state index contributed by atoms with van der Waals surface area (Å²) in [7, 11) is 0. The quantitative estimate of drug-likeness (QED) is 0.668. The number of benzene rings is 2. The number of nitrogens with one attached hydrogen (secondary N) is 2. The lowest BCUT2D eigenvalue weighted by Crippen LogP contribution is -2.23. The summed E-state index contributed by atoms with van der Waals surface area (Å²) in [5.74, 6) is -0.672. The Hall–Kier alpha value is -3.18. The molecule has 0 unspecified atom stereocenters. The second kappa shape index (κ2) is 8.67. The molecule has 0 spiro atoms. The zero-order valence-corrected chi connectivity index (χ0v) is 16.4. The molecule has 0 aliphatic carbocycles. The molecule has 1 heterocycles. The molecule has 0 saturated heterocycles. The highest BCUT2D eigenvalue weighted by Crippen LogP contribution is 2.23. The number of carbonyl (C=O) groups excluding carboxylic acids is 2. The lowest BCUT2D eigenvalue weighted by atomic mass is 10.1. The number of hydrogen-bond acceptors (Lipinski definition) is 3. The van der Waals surface area contributed by atoms with Crippen LogP contribution in [0.4, 0.5) is 5.69 Å². The van der Waals surface area contributed by atoms with E-state index in [4.69, 9.17) is 11.6 Å². The van der Waals surface area contributed by atoms with E-state index in [0.29, 0.717) is 22.8 Å². The summed E-state index contributed by atoms with van der Waals surface area (Å²) >= 11 is 6.08. The summed E-state index contributed by atoms with van der Waals surface area (Å²) in [6.45, 7) is 4.24. The molecular weight excluding hydrogens is 374 g/mol. The molecule has 5 nitrogen and oxygen atoms in total. The minimum atomic E-state index is -0.404. The van der Waals surface area contributed by atoms with Gasteiger partial charge in [0.25, 0.3) is 11.8 Å². The van der Waals surface area contributed by atoms with Gasteiger partial charge in [-0.1, -0.05) is 47.5 Å². The van der Waals surface area contributed by atoms with Gasteiger partial charge in [0.2, 0.25) is 0 Å². The van der Waals surface area contributed by atoms with Gasteiger partial charge in [0.05, 0.1) is 0 Å². The van der Waals surface area contributed by atoms with Gasteiger partial charge in [0, 0.05) is 29.0 Å². The van der Waals surface area contributed by atoms with Crippen LogP contribution in [0.5, 0.6) is 0 Å². The smallest absolute Gasteiger partial charge is 0.274 e. The van der Waals surface area contributed by atoms with E-state index in [2.05, 4.69) is 15.6 Å². The molecule has 3 rings (SSSR count). The molecule has 0 fully saturated rings. The normalized spacial score (nSPS) is 10.4. The van der Waals surface area contributed by atoms with Crippen molar-refractivity contribution in [2.75, 3.05) is 5.32 Å². The van der Waals surface area contributed by atoms with Gasteiger partial charge in [-0.2, -0.15) is 0 Å². The Morgan fingerprint density at radius 2 is 1.75 bits per heavy atom. The van der Waals surface area contributed by atoms with E-state index >= 15 is 0 Å². The number of nitrogens with zero attached hydrogens (tertiary/aromatic N) is 1. The number of hydrogen-bond donors (Lipinski definition) is 2. The summed E-state index contributed by atoms with van der Waals surface area (Å²) < 4.78 is 0. The number of carbonyl (C=O) groups is 2. The predicted octanol–water partition coefficient (Wildman–Crippen LogP) is 4.53. The highest BCUT2D eigenvalue weighted by Gasteiger charge is 2.13. The van der Waals surface area contributed by atoms with E-state index in [9.17, 15) is 9.59 Å². The van der Waals surface area contributed by atoms with Gasteiger partial charge in [-0.25, -0.2) is 0 Å². The largest absolute Gasteiger partial charge is 0.348 e. The number of anilines is 1. The molecule has 142 valence electrons.